The molecule has 0 fully saturated rings. The number of aromatic carboxylic acids is 1. The Morgan fingerprint density at radius 1 is 1.28 bits per heavy atom. The number of rotatable bonds is 3. The van der Waals surface area contributed by atoms with Crippen LogP contribution in [0.1, 0.15) is 21.7 Å². The summed E-state index contributed by atoms with van der Waals surface area (Å²) >= 11 is 5.84. The molecule has 18 heavy (non-hydrogen) atoms. The summed E-state index contributed by atoms with van der Waals surface area (Å²) in [5.74, 6) is -0.964. The number of halogens is 1. The molecule has 1 heterocycles. The number of phenols is 1. The summed E-state index contributed by atoms with van der Waals surface area (Å²) in [6, 6.07) is 9.45. The summed E-state index contributed by atoms with van der Waals surface area (Å²) < 4.78 is 0. The van der Waals surface area contributed by atoms with Crippen molar-refractivity contribution in [3.8, 4) is 5.75 Å². The molecule has 2 aromatic rings. The maximum Gasteiger partial charge on any atom is 0.354 e. The van der Waals surface area contributed by atoms with Crippen LogP contribution in [-0.4, -0.2) is 21.2 Å². The van der Waals surface area contributed by atoms with Gasteiger partial charge in [0.2, 0.25) is 0 Å². The highest BCUT2D eigenvalue weighted by Crippen LogP contribution is 2.23. The van der Waals surface area contributed by atoms with Crippen molar-refractivity contribution in [1.82, 2.24) is 4.98 Å². The highest BCUT2D eigenvalue weighted by atomic mass is 35.5. The van der Waals surface area contributed by atoms with Crippen LogP contribution < -0.4 is 0 Å². The maximum atomic E-state index is 10.8. The highest BCUT2D eigenvalue weighted by molar-refractivity contribution is 6.30. The van der Waals surface area contributed by atoms with Gasteiger partial charge < -0.3 is 10.2 Å². The Kier molecular flexibility index (Phi) is 3.48. The predicted octanol–water partition coefficient (Wildman–Crippen LogP) is 2.73. The van der Waals surface area contributed by atoms with E-state index >= 15 is 0 Å². The van der Waals surface area contributed by atoms with Crippen LogP contribution in [0.3, 0.4) is 0 Å². The van der Waals surface area contributed by atoms with Gasteiger partial charge in [-0.25, -0.2) is 9.78 Å². The summed E-state index contributed by atoms with van der Waals surface area (Å²) in [5, 5.41) is 19.0. The molecule has 2 rings (SSSR count). The van der Waals surface area contributed by atoms with E-state index in [0.29, 0.717) is 22.7 Å². The average molecular weight is 264 g/mol. The number of hydrogen-bond acceptors (Lipinski definition) is 3. The van der Waals surface area contributed by atoms with E-state index in [0.717, 1.165) is 0 Å². The smallest absolute Gasteiger partial charge is 0.354 e. The molecule has 0 aliphatic carbocycles. The summed E-state index contributed by atoms with van der Waals surface area (Å²) in [6.45, 7) is 0. The number of aromatic nitrogens is 1. The number of carboxylic acid groups (broad SMARTS) is 1. The monoisotopic (exact) mass is 263 g/mol. The average Bonchev–Trinajstić information content (AvgIpc) is 2.34. The van der Waals surface area contributed by atoms with Gasteiger partial charge in [0, 0.05) is 22.7 Å². The standard InChI is InChI=1S/C13H10ClNO3/c14-9-4-5-12(16)8(6-9)7-10-2-1-3-11(15-10)13(17)18/h1-6,16H,7H2,(H,17,18). The van der Waals surface area contributed by atoms with Crippen molar-refractivity contribution < 1.29 is 15.0 Å². The molecule has 92 valence electrons. The molecule has 0 aliphatic heterocycles. The first-order chi connectivity index (χ1) is 8.56. The molecule has 0 saturated carbocycles. The van der Waals surface area contributed by atoms with Gasteiger partial charge in [-0.3, -0.25) is 0 Å². The van der Waals surface area contributed by atoms with Crippen molar-refractivity contribution in [1.29, 1.82) is 0 Å². The van der Waals surface area contributed by atoms with E-state index in [4.69, 9.17) is 16.7 Å². The van der Waals surface area contributed by atoms with Crippen LogP contribution in [0, 0.1) is 0 Å². The lowest BCUT2D eigenvalue weighted by Crippen LogP contribution is -2.03. The van der Waals surface area contributed by atoms with Gasteiger partial charge in [-0.2, -0.15) is 0 Å². The summed E-state index contributed by atoms with van der Waals surface area (Å²) in [5.41, 5.74) is 1.15. The van der Waals surface area contributed by atoms with Crippen LogP contribution in [0.2, 0.25) is 5.02 Å². The first kappa shape index (κ1) is 12.4. The third kappa shape index (κ3) is 2.78. The number of aromatic hydroxyl groups is 1. The van der Waals surface area contributed by atoms with Crippen LogP contribution in [0.15, 0.2) is 36.4 Å². The second-order valence-corrected chi connectivity index (χ2v) is 4.21. The molecule has 4 nitrogen and oxygen atoms in total. The lowest BCUT2D eigenvalue weighted by Gasteiger charge is -2.05. The molecule has 0 unspecified atom stereocenters. The van der Waals surface area contributed by atoms with Gasteiger partial charge in [-0.1, -0.05) is 17.7 Å². The lowest BCUT2D eigenvalue weighted by molar-refractivity contribution is 0.0690. The van der Waals surface area contributed by atoms with Crippen molar-refractivity contribution in [2.24, 2.45) is 0 Å². The van der Waals surface area contributed by atoms with Crippen molar-refractivity contribution in [3.05, 3.63) is 58.4 Å². The van der Waals surface area contributed by atoms with E-state index in [2.05, 4.69) is 4.98 Å². The Hall–Kier alpha value is -2.07. The third-order valence-corrected chi connectivity index (χ3v) is 2.67. The molecule has 5 heteroatoms. The summed E-state index contributed by atoms with van der Waals surface area (Å²) in [6.07, 6.45) is 0.327. The minimum absolute atomic E-state index is 0.0194. The molecule has 1 aromatic heterocycles. The van der Waals surface area contributed by atoms with Gasteiger partial charge in [0.1, 0.15) is 11.4 Å². The largest absolute Gasteiger partial charge is 0.508 e. The lowest BCUT2D eigenvalue weighted by atomic mass is 10.1. The molecule has 0 saturated heterocycles. The van der Waals surface area contributed by atoms with Crippen LogP contribution in [-0.2, 0) is 6.42 Å². The molecular formula is C13H10ClNO3. The number of nitrogens with zero attached hydrogens (tertiary/aromatic N) is 1. The summed E-state index contributed by atoms with van der Waals surface area (Å²) in [4.78, 5) is 14.8. The zero-order valence-corrected chi connectivity index (χ0v) is 10.1. The van der Waals surface area contributed by atoms with Crippen molar-refractivity contribution in [2.45, 2.75) is 6.42 Å². The number of pyridine rings is 1. The topological polar surface area (TPSA) is 70.4 Å². The number of carboxylic acids is 1. The molecule has 0 spiro atoms. The number of hydrogen-bond donors (Lipinski definition) is 2. The van der Waals surface area contributed by atoms with Gasteiger partial charge in [-0.05, 0) is 30.3 Å². The first-order valence-electron chi connectivity index (χ1n) is 5.23. The van der Waals surface area contributed by atoms with E-state index in [-0.39, 0.29) is 11.4 Å². The minimum Gasteiger partial charge on any atom is -0.508 e. The van der Waals surface area contributed by atoms with E-state index in [1.807, 2.05) is 0 Å². The molecule has 0 radical (unpaired) electrons. The highest BCUT2D eigenvalue weighted by Gasteiger charge is 2.08. The van der Waals surface area contributed by atoms with E-state index < -0.39 is 5.97 Å². The SMILES string of the molecule is O=C(O)c1cccc(Cc2cc(Cl)ccc2O)n1. The molecule has 0 atom stereocenters. The van der Waals surface area contributed by atoms with Crippen LogP contribution >= 0.6 is 11.6 Å². The minimum atomic E-state index is -1.08. The molecule has 1 aromatic carbocycles. The zero-order chi connectivity index (χ0) is 13.1. The molecule has 0 amide bonds. The van der Waals surface area contributed by atoms with Gasteiger partial charge in [0.05, 0.1) is 0 Å². The Bertz CT molecular complexity index is 599. The second-order valence-electron chi connectivity index (χ2n) is 3.77. The van der Waals surface area contributed by atoms with Gasteiger partial charge >= 0.3 is 5.97 Å². The first-order valence-corrected chi connectivity index (χ1v) is 5.60. The Morgan fingerprint density at radius 2 is 2.06 bits per heavy atom. The van der Waals surface area contributed by atoms with Gasteiger partial charge in [0.25, 0.3) is 0 Å². The normalized spacial score (nSPS) is 10.3. The van der Waals surface area contributed by atoms with Crippen molar-refractivity contribution in [2.75, 3.05) is 0 Å². The molecule has 2 N–H and O–H groups in total. The Balaban J connectivity index is 2.31. The maximum absolute atomic E-state index is 10.8. The van der Waals surface area contributed by atoms with E-state index in [9.17, 15) is 9.90 Å². The third-order valence-electron chi connectivity index (χ3n) is 2.44. The fourth-order valence-electron chi connectivity index (χ4n) is 1.59. The van der Waals surface area contributed by atoms with Crippen molar-refractivity contribution >= 4 is 17.6 Å². The van der Waals surface area contributed by atoms with Crippen LogP contribution in [0.4, 0.5) is 0 Å². The quantitative estimate of drug-likeness (QED) is 0.893. The fraction of sp³-hybridized carbons (Fsp3) is 0.0769. The van der Waals surface area contributed by atoms with Gasteiger partial charge in [-0.15, -0.1) is 0 Å². The molecular weight excluding hydrogens is 254 g/mol. The zero-order valence-electron chi connectivity index (χ0n) is 9.30. The fourth-order valence-corrected chi connectivity index (χ4v) is 1.78. The predicted molar refractivity (Wildman–Crippen MR) is 67.1 cm³/mol. The number of phenolic OH excluding ortho intramolecular Hbond substituents is 1. The van der Waals surface area contributed by atoms with Gasteiger partial charge in [0.15, 0.2) is 0 Å². The van der Waals surface area contributed by atoms with E-state index in [1.54, 1.807) is 24.3 Å². The molecule has 0 bridgehead atoms. The van der Waals surface area contributed by atoms with Crippen LogP contribution in [0.5, 0.6) is 5.75 Å². The van der Waals surface area contributed by atoms with Crippen molar-refractivity contribution in [3.63, 3.8) is 0 Å². The number of benzene rings is 1. The second kappa shape index (κ2) is 5.06. The Morgan fingerprint density at radius 3 is 2.78 bits per heavy atom. The molecule has 0 aliphatic rings. The number of carbonyl (C=O) groups is 1. The Labute approximate surface area is 108 Å². The van der Waals surface area contributed by atoms with E-state index in [1.165, 1.54) is 12.1 Å². The summed E-state index contributed by atoms with van der Waals surface area (Å²) in [7, 11) is 0. The van der Waals surface area contributed by atoms with Crippen LogP contribution in [0.25, 0.3) is 0 Å².